The molecule has 0 spiro atoms. The highest BCUT2D eigenvalue weighted by atomic mass is 32.2. The summed E-state index contributed by atoms with van der Waals surface area (Å²) in [5, 5.41) is 8.55. The minimum absolute atomic E-state index is 0.288. The number of carbonyl (C=O) groups is 3. The maximum absolute atomic E-state index is 11.7. The molecule has 0 bridgehead atoms. The summed E-state index contributed by atoms with van der Waals surface area (Å²) in [5.74, 6) is 0.545. The molecule has 0 saturated carbocycles. The van der Waals surface area contributed by atoms with E-state index in [1.807, 2.05) is 11.8 Å². The molecular weight excluding hydrogens is 364 g/mol. The number of hydrogen-bond acceptors (Lipinski definition) is 5. The Morgan fingerprint density at radius 1 is 0.741 bits per heavy atom. The van der Waals surface area contributed by atoms with Crippen molar-refractivity contribution >= 4 is 29.5 Å². The van der Waals surface area contributed by atoms with Crippen LogP contribution in [-0.4, -0.2) is 39.9 Å². The summed E-state index contributed by atoms with van der Waals surface area (Å²) in [5.41, 5.74) is -0.606. The number of rotatable bonds is 17. The predicted molar refractivity (Wildman–Crippen MR) is 111 cm³/mol. The molecule has 0 amide bonds. The fourth-order valence-corrected chi connectivity index (χ4v) is 3.59. The minimum Gasteiger partial charge on any atom is -0.481 e. The molecule has 0 aromatic carbocycles. The van der Waals surface area contributed by atoms with E-state index < -0.39 is 23.3 Å². The fraction of sp³-hybridized carbons (Fsp3) is 0.857. The lowest BCUT2D eigenvalue weighted by Gasteiger charge is -2.18. The second kappa shape index (κ2) is 16.0. The zero-order valence-electron chi connectivity index (χ0n) is 17.4. The summed E-state index contributed by atoms with van der Waals surface area (Å²) in [6.45, 7) is 5.29. The fourth-order valence-electron chi connectivity index (χ4n) is 2.57. The van der Waals surface area contributed by atoms with Crippen molar-refractivity contribution in [1.29, 1.82) is 0 Å². The Balaban J connectivity index is 3.30. The van der Waals surface area contributed by atoms with Gasteiger partial charge in [0.2, 0.25) is 5.78 Å². The average Bonchev–Trinajstić information content (AvgIpc) is 2.56. The Morgan fingerprint density at radius 3 is 1.67 bits per heavy atom. The Bertz CT molecular complexity index is 429. The smallest absolute Gasteiger partial charge is 0.375 e. The lowest BCUT2D eigenvalue weighted by molar-refractivity contribution is -0.162. The molecule has 6 heteroatoms. The van der Waals surface area contributed by atoms with Gasteiger partial charge in [-0.2, -0.15) is 11.8 Å². The Labute approximate surface area is 169 Å². The normalized spacial score (nSPS) is 11.4. The zero-order chi connectivity index (χ0) is 20.5. The van der Waals surface area contributed by atoms with E-state index in [-0.39, 0.29) is 6.42 Å². The predicted octanol–water partition coefficient (Wildman–Crippen LogP) is 5.40. The number of aliphatic carboxylic acids is 1. The van der Waals surface area contributed by atoms with Crippen molar-refractivity contribution in [2.75, 3.05) is 11.5 Å². The highest BCUT2D eigenvalue weighted by Gasteiger charge is 2.21. The molecule has 0 unspecified atom stereocenters. The first kappa shape index (κ1) is 26.0. The van der Waals surface area contributed by atoms with Gasteiger partial charge >= 0.3 is 11.9 Å². The monoisotopic (exact) mass is 402 g/mol. The second-order valence-corrected chi connectivity index (χ2v) is 9.19. The van der Waals surface area contributed by atoms with Crippen molar-refractivity contribution in [2.45, 2.75) is 103 Å². The Kier molecular flexibility index (Phi) is 15.3. The molecule has 1 N–H and O–H groups in total. The number of ether oxygens (including phenoxy) is 1. The summed E-state index contributed by atoms with van der Waals surface area (Å²) in [6.07, 6.45) is 11.2. The standard InChI is InChI=1S/C21H38O5S/c1-21(2,3)26-20(25)18(22)14-10-6-4-8-12-16-27-17-13-9-5-7-11-15-19(23)24/h4-17H2,1-3H3,(H,23,24). The van der Waals surface area contributed by atoms with E-state index >= 15 is 0 Å². The van der Waals surface area contributed by atoms with Gasteiger partial charge in [0.1, 0.15) is 5.60 Å². The van der Waals surface area contributed by atoms with Crippen LogP contribution in [-0.2, 0) is 19.1 Å². The van der Waals surface area contributed by atoms with Gasteiger partial charge in [-0.3, -0.25) is 9.59 Å². The highest BCUT2D eigenvalue weighted by molar-refractivity contribution is 7.99. The molecule has 0 aromatic rings. The van der Waals surface area contributed by atoms with Crippen molar-refractivity contribution < 1.29 is 24.2 Å². The zero-order valence-corrected chi connectivity index (χ0v) is 18.2. The van der Waals surface area contributed by atoms with Crippen molar-refractivity contribution in [3.8, 4) is 0 Å². The van der Waals surface area contributed by atoms with Crippen LogP contribution in [0.15, 0.2) is 0 Å². The molecule has 0 rings (SSSR count). The van der Waals surface area contributed by atoms with E-state index in [9.17, 15) is 14.4 Å². The van der Waals surface area contributed by atoms with Crippen LogP contribution in [0.2, 0.25) is 0 Å². The number of esters is 1. The van der Waals surface area contributed by atoms with Crippen LogP contribution in [0.5, 0.6) is 0 Å². The number of ketones is 1. The molecule has 0 atom stereocenters. The third kappa shape index (κ3) is 19.5. The summed E-state index contributed by atoms with van der Waals surface area (Å²) < 4.78 is 5.06. The number of carboxylic acid groups (broad SMARTS) is 1. The van der Waals surface area contributed by atoms with E-state index in [1.54, 1.807) is 20.8 Å². The first-order chi connectivity index (χ1) is 12.7. The van der Waals surface area contributed by atoms with E-state index in [0.717, 1.165) is 38.5 Å². The van der Waals surface area contributed by atoms with Gasteiger partial charge in [0.25, 0.3) is 0 Å². The summed E-state index contributed by atoms with van der Waals surface area (Å²) in [7, 11) is 0. The molecule has 0 fully saturated rings. The van der Waals surface area contributed by atoms with Gasteiger partial charge in [-0.25, -0.2) is 4.79 Å². The molecule has 0 heterocycles. The average molecular weight is 403 g/mol. The van der Waals surface area contributed by atoms with Gasteiger partial charge in [0.15, 0.2) is 0 Å². The first-order valence-corrected chi connectivity index (χ1v) is 11.4. The largest absolute Gasteiger partial charge is 0.481 e. The Hall–Kier alpha value is -1.04. The number of Topliss-reactive ketones (excluding diaryl/α,β-unsaturated/α-hetero) is 1. The van der Waals surface area contributed by atoms with Gasteiger partial charge in [-0.1, -0.05) is 38.5 Å². The van der Waals surface area contributed by atoms with Crippen LogP contribution in [0.1, 0.15) is 97.8 Å². The van der Waals surface area contributed by atoms with E-state index in [1.165, 1.54) is 37.2 Å². The lowest BCUT2D eigenvalue weighted by atomic mass is 10.1. The van der Waals surface area contributed by atoms with Crippen molar-refractivity contribution in [3.05, 3.63) is 0 Å². The van der Waals surface area contributed by atoms with Gasteiger partial charge in [0.05, 0.1) is 0 Å². The topological polar surface area (TPSA) is 80.7 Å². The summed E-state index contributed by atoms with van der Waals surface area (Å²) in [4.78, 5) is 33.6. The van der Waals surface area contributed by atoms with Crippen LogP contribution in [0.3, 0.4) is 0 Å². The number of hydrogen-bond donors (Lipinski definition) is 1. The molecular formula is C21H38O5S. The van der Waals surface area contributed by atoms with Gasteiger partial charge in [-0.05, 0) is 58.0 Å². The maximum Gasteiger partial charge on any atom is 0.375 e. The van der Waals surface area contributed by atoms with Crippen molar-refractivity contribution in [2.24, 2.45) is 0 Å². The SMILES string of the molecule is CC(C)(C)OC(=O)C(=O)CCCCCCCSCCCCCCCC(=O)O. The highest BCUT2D eigenvalue weighted by Crippen LogP contribution is 2.14. The number of carboxylic acids is 1. The van der Waals surface area contributed by atoms with Crippen LogP contribution >= 0.6 is 11.8 Å². The molecule has 0 aliphatic carbocycles. The molecule has 27 heavy (non-hydrogen) atoms. The number of thioether (sulfide) groups is 1. The van der Waals surface area contributed by atoms with E-state index in [2.05, 4.69) is 0 Å². The van der Waals surface area contributed by atoms with Gasteiger partial charge in [-0.15, -0.1) is 0 Å². The second-order valence-electron chi connectivity index (χ2n) is 7.97. The molecule has 0 aromatic heterocycles. The van der Waals surface area contributed by atoms with Crippen LogP contribution in [0.4, 0.5) is 0 Å². The van der Waals surface area contributed by atoms with Crippen molar-refractivity contribution in [3.63, 3.8) is 0 Å². The Morgan fingerprint density at radius 2 is 1.19 bits per heavy atom. The molecule has 5 nitrogen and oxygen atoms in total. The van der Waals surface area contributed by atoms with Crippen LogP contribution in [0, 0.1) is 0 Å². The molecule has 0 aliphatic rings. The van der Waals surface area contributed by atoms with Crippen LogP contribution < -0.4 is 0 Å². The van der Waals surface area contributed by atoms with Gasteiger partial charge < -0.3 is 9.84 Å². The van der Waals surface area contributed by atoms with Crippen LogP contribution in [0.25, 0.3) is 0 Å². The number of carbonyl (C=O) groups excluding carboxylic acids is 2. The third-order valence-corrected chi connectivity index (χ3v) is 5.15. The third-order valence-electron chi connectivity index (χ3n) is 4.00. The summed E-state index contributed by atoms with van der Waals surface area (Å²) >= 11 is 1.99. The lowest BCUT2D eigenvalue weighted by Crippen LogP contribution is -2.28. The quantitative estimate of drug-likeness (QED) is 0.199. The maximum atomic E-state index is 11.7. The molecule has 158 valence electrons. The first-order valence-electron chi connectivity index (χ1n) is 10.3. The molecule has 0 radical (unpaired) electrons. The van der Waals surface area contributed by atoms with E-state index in [4.69, 9.17) is 9.84 Å². The van der Waals surface area contributed by atoms with E-state index in [0.29, 0.717) is 6.42 Å². The minimum atomic E-state index is -0.708. The molecule has 0 aliphatic heterocycles. The van der Waals surface area contributed by atoms with Gasteiger partial charge in [0, 0.05) is 12.8 Å². The van der Waals surface area contributed by atoms with Crippen molar-refractivity contribution in [1.82, 2.24) is 0 Å². The summed E-state index contributed by atoms with van der Waals surface area (Å²) in [6, 6.07) is 0. The molecule has 0 saturated heterocycles. The number of unbranched alkanes of at least 4 members (excludes halogenated alkanes) is 8.